The van der Waals surface area contributed by atoms with Crippen molar-refractivity contribution in [2.45, 2.75) is 51.4 Å². The van der Waals surface area contributed by atoms with Crippen molar-refractivity contribution >= 4 is 23.9 Å². The Morgan fingerprint density at radius 3 is 0.589 bits per heavy atom. The van der Waals surface area contributed by atoms with Gasteiger partial charge in [0.05, 0.1) is 136 Å². The molecule has 0 heterocycles. The van der Waals surface area contributed by atoms with Crippen LogP contribution >= 0.6 is 0 Å². The van der Waals surface area contributed by atoms with Crippen LogP contribution in [0, 0.1) is 23.7 Å². The van der Waals surface area contributed by atoms with E-state index in [0.29, 0.717) is 143 Å². The van der Waals surface area contributed by atoms with Crippen LogP contribution in [-0.4, -0.2) is 184 Å². The third-order valence-corrected chi connectivity index (χ3v) is 18.6. The Labute approximate surface area is 651 Å². The number of ether oxygens (including phenoxy) is 20. The Bertz CT molecular complexity index is 4060. The van der Waals surface area contributed by atoms with Crippen LogP contribution in [0.25, 0.3) is 0 Å². The van der Waals surface area contributed by atoms with Gasteiger partial charge in [0.25, 0.3) is 0 Å². The molecule has 0 saturated carbocycles. The highest BCUT2D eigenvalue weighted by Gasteiger charge is 2.29. The summed E-state index contributed by atoms with van der Waals surface area (Å²) in [6.45, 7) is -0.267. The van der Waals surface area contributed by atoms with Gasteiger partial charge >= 0.3 is 23.9 Å². The lowest BCUT2D eigenvalue weighted by Crippen LogP contribution is -2.24. The number of hydrogen-bond acceptors (Lipinski definition) is 28. The van der Waals surface area contributed by atoms with Gasteiger partial charge in [0.2, 0.25) is 23.0 Å². The number of hydrogen-bond donors (Lipinski definition) is 4. The first-order chi connectivity index (χ1) is 54.2. The average Bonchev–Trinajstić information content (AvgIpc) is 0.820. The molecule has 0 saturated heterocycles. The van der Waals surface area contributed by atoms with E-state index in [1.54, 1.807) is 48.5 Å². The zero-order chi connectivity index (χ0) is 81.6. The van der Waals surface area contributed by atoms with Gasteiger partial charge in [-0.25, -0.2) is 19.2 Å². The maximum atomic E-state index is 13.2. The first-order valence-electron chi connectivity index (χ1n) is 35.4. The zero-order valence-electron chi connectivity index (χ0n) is 65.9. The molecule has 0 spiro atoms. The second-order valence-electron chi connectivity index (χ2n) is 25.1. The van der Waals surface area contributed by atoms with Crippen molar-refractivity contribution < 1.29 is 134 Å². The van der Waals surface area contributed by atoms with Crippen molar-refractivity contribution in [1.82, 2.24) is 0 Å². The molecular weight excluding hydrogens is 1460 g/mol. The van der Waals surface area contributed by atoms with Gasteiger partial charge in [-0.2, -0.15) is 0 Å². The molecule has 0 bridgehead atoms. The van der Waals surface area contributed by atoms with Crippen molar-refractivity contribution in [1.29, 1.82) is 0 Å². The van der Waals surface area contributed by atoms with Gasteiger partial charge < -0.3 is 115 Å². The molecule has 0 aliphatic heterocycles. The predicted octanol–water partition coefficient (Wildman–Crippen LogP) is 12.0. The van der Waals surface area contributed by atoms with E-state index in [2.05, 4.69) is 0 Å². The predicted molar refractivity (Wildman–Crippen MR) is 412 cm³/mol. The Hall–Kier alpha value is -11.7. The van der Waals surface area contributed by atoms with Crippen molar-refractivity contribution in [3.63, 3.8) is 0 Å². The van der Waals surface area contributed by atoms with E-state index >= 15 is 0 Å². The van der Waals surface area contributed by atoms with E-state index in [-0.39, 0.29) is 95.4 Å². The molecule has 0 aliphatic rings. The van der Waals surface area contributed by atoms with Gasteiger partial charge in [-0.05, 0) is 194 Å². The summed E-state index contributed by atoms with van der Waals surface area (Å²) in [5, 5.41) is 40.7. The van der Waals surface area contributed by atoms with Crippen LogP contribution in [0.1, 0.15) is 89.4 Å². The Kier molecular flexibility index (Phi) is 34.1. The van der Waals surface area contributed by atoms with E-state index in [0.717, 1.165) is 22.3 Å². The molecule has 8 aromatic rings. The second kappa shape index (κ2) is 43.6. The molecular formula is C84H100O28. The highest BCUT2D eigenvalue weighted by molar-refractivity contribution is 5.95. The smallest absolute Gasteiger partial charge is 0.343 e. The molecule has 4 N–H and O–H groups in total. The summed E-state index contributed by atoms with van der Waals surface area (Å²) in [6, 6.07) is 33.0. The van der Waals surface area contributed by atoms with E-state index in [4.69, 9.17) is 94.7 Å². The Morgan fingerprint density at radius 1 is 0.241 bits per heavy atom. The fraction of sp³-hybridized carbons (Fsp3) is 0.381. The lowest BCUT2D eigenvalue weighted by atomic mass is 9.80. The summed E-state index contributed by atoms with van der Waals surface area (Å²) in [4.78, 5) is 52.9. The molecule has 0 unspecified atom stereocenters. The van der Waals surface area contributed by atoms with E-state index < -0.39 is 23.9 Å². The van der Waals surface area contributed by atoms with Crippen LogP contribution in [0.15, 0.2) is 121 Å². The fourth-order valence-electron chi connectivity index (χ4n) is 12.8. The average molecular weight is 1560 g/mol. The van der Waals surface area contributed by atoms with Gasteiger partial charge in [0.1, 0.15) is 0 Å². The topological polar surface area (TPSA) is 334 Å². The lowest BCUT2D eigenvalue weighted by molar-refractivity contribution is 0.0719. The third kappa shape index (κ3) is 22.3. The SMILES string of the molecule is COc1cc(C[C@@H](CO)[C@H](CCCO)Cc2ccc(OC(=O)c3cc(OC)c(OC)c(OC)c3)c(OC)c2)ccc1OC(=O)c1cc(OC)c(OC)c(OC)c1.COc1cc(C[C@H](CO)[C@@H](CCCO)Cc2ccc(OC(=O)c3cc(OC)c(OC)c(OC)c3)c(OC)c2)ccc1OC(=O)c1cc(OC)c(OC)c(OC)c1. The van der Waals surface area contributed by atoms with Crippen LogP contribution in [0.2, 0.25) is 0 Å². The summed E-state index contributed by atoms with van der Waals surface area (Å²) in [5.41, 5.74) is 4.16. The van der Waals surface area contributed by atoms with Gasteiger partial charge in [-0.15, -0.1) is 0 Å². The van der Waals surface area contributed by atoms with Gasteiger partial charge in [0, 0.05) is 26.4 Å². The monoisotopic (exact) mass is 1560 g/mol. The van der Waals surface area contributed by atoms with Crippen molar-refractivity contribution in [3.05, 3.63) is 166 Å². The first kappa shape index (κ1) is 87.5. The van der Waals surface area contributed by atoms with E-state index in [9.17, 15) is 39.6 Å². The molecule has 28 heteroatoms. The minimum atomic E-state index is -0.662. The molecule has 0 aromatic heterocycles. The number of benzene rings is 8. The first-order valence-corrected chi connectivity index (χ1v) is 35.4. The number of aliphatic hydroxyl groups is 4. The summed E-state index contributed by atoms with van der Waals surface area (Å²) in [7, 11) is 23.4. The highest BCUT2D eigenvalue weighted by Crippen LogP contribution is 2.45. The van der Waals surface area contributed by atoms with Crippen LogP contribution < -0.4 is 94.7 Å². The molecule has 0 aliphatic carbocycles. The maximum Gasteiger partial charge on any atom is 0.343 e. The largest absolute Gasteiger partial charge is 0.493 e. The standard InChI is InChI=1S/2C42H50O14/c2*1-47-33-18-25(11-13-31(33)55-41(45)28-20-35(49-3)39(53-7)36(21-28)50-4)16-27(10-9-15-43)30(24-44)17-26-12-14-32(34(19-26)48-2)56-42(46)29-22-37(51-5)40(54-8)38(23-29)52-6/h2*11-14,18-23,27,30,43-44H,9-10,15-17,24H2,1-8H3/t2*27-,30+/m10/s1. The minimum Gasteiger partial charge on any atom is -0.493 e. The van der Waals surface area contributed by atoms with Gasteiger partial charge in [0.15, 0.2) is 92.0 Å². The van der Waals surface area contributed by atoms with Crippen molar-refractivity contribution in [2.24, 2.45) is 23.7 Å². The zero-order valence-corrected chi connectivity index (χ0v) is 65.9. The van der Waals surface area contributed by atoms with Crippen LogP contribution in [0.3, 0.4) is 0 Å². The van der Waals surface area contributed by atoms with E-state index in [1.165, 1.54) is 162 Å². The van der Waals surface area contributed by atoms with E-state index in [1.807, 2.05) is 24.3 Å². The summed E-state index contributed by atoms with van der Waals surface area (Å²) >= 11 is 0. The Balaban J connectivity index is 0.000000311. The summed E-state index contributed by atoms with van der Waals surface area (Å²) in [6.07, 6.45) is 4.31. The number of rotatable bonds is 42. The van der Waals surface area contributed by atoms with Crippen LogP contribution in [0.5, 0.6) is 115 Å². The molecule has 604 valence electrons. The molecule has 0 radical (unpaired) electrons. The van der Waals surface area contributed by atoms with Gasteiger partial charge in [-0.3, -0.25) is 0 Å². The van der Waals surface area contributed by atoms with Crippen molar-refractivity contribution in [3.8, 4) is 115 Å². The van der Waals surface area contributed by atoms with Crippen molar-refractivity contribution in [2.75, 3.05) is 140 Å². The van der Waals surface area contributed by atoms with Crippen LogP contribution in [-0.2, 0) is 25.7 Å². The number of carbonyl (C=O) groups is 4. The molecule has 0 fully saturated rings. The summed E-state index contributed by atoms with van der Waals surface area (Å²) < 4.78 is 110. The maximum absolute atomic E-state index is 13.2. The highest BCUT2D eigenvalue weighted by atomic mass is 16.6. The minimum absolute atomic E-state index is 0.00633. The fourth-order valence-corrected chi connectivity index (χ4v) is 12.8. The number of carbonyl (C=O) groups excluding carboxylic acids is 4. The quantitative estimate of drug-likeness (QED) is 0.0204. The molecule has 8 aromatic carbocycles. The van der Waals surface area contributed by atoms with Crippen LogP contribution in [0.4, 0.5) is 0 Å². The molecule has 28 nitrogen and oxygen atoms in total. The molecule has 112 heavy (non-hydrogen) atoms. The van der Waals surface area contributed by atoms with Gasteiger partial charge in [-0.1, -0.05) is 24.3 Å². The molecule has 0 amide bonds. The normalized spacial score (nSPS) is 11.8. The number of esters is 4. The number of aliphatic hydroxyl groups excluding tert-OH is 4. The Morgan fingerprint density at radius 2 is 0.429 bits per heavy atom. The molecule has 8 rings (SSSR count). The second-order valence-corrected chi connectivity index (χ2v) is 25.1. The molecule has 4 atom stereocenters. The lowest BCUT2D eigenvalue weighted by Gasteiger charge is -2.26. The number of methoxy groups -OCH3 is 16. The third-order valence-electron chi connectivity index (χ3n) is 18.6. The summed E-state index contributed by atoms with van der Waals surface area (Å²) in [5.74, 6) is 2.74.